The highest BCUT2D eigenvalue weighted by Crippen LogP contribution is 2.21. The minimum atomic E-state index is 0.591. The van der Waals surface area contributed by atoms with E-state index in [0.29, 0.717) is 6.04 Å². The Morgan fingerprint density at radius 3 is 2.58 bits per heavy atom. The third-order valence-electron chi connectivity index (χ3n) is 3.57. The van der Waals surface area contributed by atoms with Crippen LogP contribution in [0.2, 0.25) is 0 Å². The van der Waals surface area contributed by atoms with E-state index in [1.54, 1.807) is 0 Å². The number of aryl methyl sites for hydroxylation is 2. The van der Waals surface area contributed by atoms with Gasteiger partial charge in [0, 0.05) is 6.04 Å². The van der Waals surface area contributed by atoms with Gasteiger partial charge in [-0.1, -0.05) is 12.8 Å². The van der Waals surface area contributed by atoms with Gasteiger partial charge in [0.2, 0.25) is 0 Å². The standard InChI is InChI=1S/C14H19N5/c1-10-16-11(2)19(18-10)13-7-8-14(15-9-13)17-12-5-3-4-6-12/h7-9,12H,3-6H2,1-2H3,(H,15,17). The molecule has 0 spiro atoms. The molecule has 0 saturated heterocycles. The predicted molar refractivity (Wildman–Crippen MR) is 74.5 cm³/mol. The Morgan fingerprint density at radius 1 is 1.21 bits per heavy atom. The average molecular weight is 257 g/mol. The van der Waals surface area contributed by atoms with Crippen LogP contribution >= 0.6 is 0 Å². The summed E-state index contributed by atoms with van der Waals surface area (Å²) >= 11 is 0. The molecule has 1 N–H and O–H groups in total. The maximum atomic E-state index is 4.47. The Labute approximate surface area is 113 Å². The molecule has 1 fully saturated rings. The maximum absolute atomic E-state index is 4.47. The van der Waals surface area contributed by atoms with Crippen LogP contribution in [0.3, 0.4) is 0 Å². The fourth-order valence-electron chi connectivity index (χ4n) is 2.64. The highest BCUT2D eigenvalue weighted by atomic mass is 15.3. The lowest BCUT2D eigenvalue weighted by Gasteiger charge is -2.12. The Hall–Kier alpha value is -1.91. The van der Waals surface area contributed by atoms with Crippen LogP contribution in [-0.4, -0.2) is 25.8 Å². The van der Waals surface area contributed by atoms with Crippen LogP contribution in [0.15, 0.2) is 18.3 Å². The van der Waals surface area contributed by atoms with Crippen molar-refractivity contribution in [2.24, 2.45) is 0 Å². The normalized spacial score (nSPS) is 15.9. The highest BCUT2D eigenvalue weighted by molar-refractivity contribution is 5.41. The van der Waals surface area contributed by atoms with E-state index in [1.165, 1.54) is 25.7 Å². The minimum absolute atomic E-state index is 0.591. The summed E-state index contributed by atoms with van der Waals surface area (Å²) in [7, 11) is 0. The summed E-state index contributed by atoms with van der Waals surface area (Å²) in [6.07, 6.45) is 7.01. The number of nitrogens with one attached hydrogen (secondary N) is 1. The molecule has 2 aromatic heterocycles. The first kappa shape index (κ1) is 12.1. The Kier molecular flexibility index (Phi) is 3.19. The molecule has 100 valence electrons. The van der Waals surface area contributed by atoms with E-state index in [2.05, 4.69) is 20.4 Å². The SMILES string of the molecule is Cc1nc(C)n(-c2ccc(NC3CCCC3)nc2)n1. The van der Waals surface area contributed by atoms with E-state index in [9.17, 15) is 0 Å². The largest absolute Gasteiger partial charge is 0.367 e. The lowest BCUT2D eigenvalue weighted by molar-refractivity contribution is 0.749. The lowest BCUT2D eigenvalue weighted by Crippen LogP contribution is -2.15. The van der Waals surface area contributed by atoms with Gasteiger partial charge in [-0.25, -0.2) is 14.6 Å². The van der Waals surface area contributed by atoms with E-state index < -0.39 is 0 Å². The summed E-state index contributed by atoms with van der Waals surface area (Å²) in [5.41, 5.74) is 0.954. The molecule has 0 radical (unpaired) electrons. The third kappa shape index (κ3) is 2.59. The summed E-state index contributed by atoms with van der Waals surface area (Å²) in [6.45, 7) is 3.84. The van der Waals surface area contributed by atoms with Gasteiger partial charge in [0.15, 0.2) is 0 Å². The summed E-state index contributed by atoms with van der Waals surface area (Å²) in [5, 5.41) is 7.84. The van der Waals surface area contributed by atoms with E-state index in [0.717, 1.165) is 23.2 Å². The van der Waals surface area contributed by atoms with Gasteiger partial charge in [-0.2, -0.15) is 5.10 Å². The zero-order valence-corrected chi connectivity index (χ0v) is 11.4. The number of pyridine rings is 1. The Bertz CT molecular complexity index is 552. The van der Waals surface area contributed by atoms with E-state index >= 15 is 0 Å². The molecule has 2 aromatic rings. The smallest absolute Gasteiger partial charge is 0.148 e. The van der Waals surface area contributed by atoms with Gasteiger partial charge in [-0.3, -0.25) is 0 Å². The highest BCUT2D eigenvalue weighted by Gasteiger charge is 2.14. The van der Waals surface area contributed by atoms with Crippen molar-refractivity contribution >= 4 is 5.82 Å². The van der Waals surface area contributed by atoms with Crippen molar-refractivity contribution in [3.05, 3.63) is 30.0 Å². The number of anilines is 1. The zero-order chi connectivity index (χ0) is 13.2. The van der Waals surface area contributed by atoms with Crippen LogP contribution in [0.1, 0.15) is 37.3 Å². The molecule has 3 rings (SSSR count). The van der Waals surface area contributed by atoms with Crippen molar-refractivity contribution in [3.63, 3.8) is 0 Å². The molecule has 0 aliphatic heterocycles. The summed E-state index contributed by atoms with van der Waals surface area (Å²) in [5.74, 6) is 2.62. The van der Waals surface area contributed by atoms with Crippen LogP contribution in [0.25, 0.3) is 5.69 Å². The van der Waals surface area contributed by atoms with Crippen LogP contribution in [0.4, 0.5) is 5.82 Å². The summed E-state index contributed by atoms with van der Waals surface area (Å²) < 4.78 is 1.82. The van der Waals surface area contributed by atoms with Gasteiger partial charge in [-0.15, -0.1) is 0 Å². The number of rotatable bonds is 3. The van der Waals surface area contributed by atoms with Gasteiger partial charge in [0.05, 0.1) is 11.9 Å². The summed E-state index contributed by atoms with van der Waals surface area (Å²) in [6, 6.07) is 4.64. The first-order valence-corrected chi connectivity index (χ1v) is 6.85. The lowest BCUT2D eigenvalue weighted by atomic mass is 10.2. The van der Waals surface area contributed by atoms with Crippen LogP contribution in [0, 0.1) is 13.8 Å². The topological polar surface area (TPSA) is 55.6 Å². The van der Waals surface area contributed by atoms with Crippen LogP contribution in [-0.2, 0) is 0 Å². The first-order chi connectivity index (χ1) is 9.22. The third-order valence-corrected chi connectivity index (χ3v) is 3.57. The second kappa shape index (κ2) is 4.99. The number of hydrogen-bond acceptors (Lipinski definition) is 4. The Morgan fingerprint density at radius 2 is 2.00 bits per heavy atom. The van der Waals surface area contributed by atoms with E-state index in [-0.39, 0.29) is 0 Å². The van der Waals surface area contributed by atoms with Crippen molar-refractivity contribution in [2.45, 2.75) is 45.6 Å². The van der Waals surface area contributed by atoms with Crippen LogP contribution in [0.5, 0.6) is 0 Å². The van der Waals surface area contributed by atoms with Crippen molar-refractivity contribution in [3.8, 4) is 5.69 Å². The molecule has 1 saturated carbocycles. The van der Waals surface area contributed by atoms with Gasteiger partial charge in [0.1, 0.15) is 17.5 Å². The molecule has 0 atom stereocenters. The quantitative estimate of drug-likeness (QED) is 0.918. The molecule has 5 heteroatoms. The molecule has 1 aliphatic rings. The number of aromatic nitrogens is 4. The Balaban J connectivity index is 1.76. The van der Waals surface area contributed by atoms with Gasteiger partial charge in [0.25, 0.3) is 0 Å². The van der Waals surface area contributed by atoms with Gasteiger partial charge < -0.3 is 5.32 Å². The number of hydrogen-bond donors (Lipinski definition) is 1. The molecule has 1 aliphatic carbocycles. The molecule has 19 heavy (non-hydrogen) atoms. The molecule has 0 unspecified atom stereocenters. The molecular formula is C14H19N5. The maximum Gasteiger partial charge on any atom is 0.148 e. The van der Waals surface area contributed by atoms with Crippen molar-refractivity contribution in [1.29, 1.82) is 0 Å². The monoisotopic (exact) mass is 257 g/mol. The predicted octanol–water partition coefficient (Wildman–Crippen LogP) is 2.63. The fraction of sp³-hybridized carbons (Fsp3) is 0.500. The molecular weight excluding hydrogens is 238 g/mol. The van der Waals surface area contributed by atoms with Crippen molar-refractivity contribution in [2.75, 3.05) is 5.32 Å². The van der Waals surface area contributed by atoms with Gasteiger partial charge >= 0.3 is 0 Å². The summed E-state index contributed by atoms with van der Waals surface area (Å²) in [4.78, 5) is 8.77. The molecule has 0 aromatic carbocycles. The van der Waals surface area contributed by atoms with Crippen LogP contribution < -0.4 is 5.32 Å². The van der Waals surface area contributed by atoms with Crippen molar-refractivity contribution in [1.82, 2.24) is 19.7 Å². The van der Waals surface area contributed by atoms with Crippen molar-refractivity contribution < 1.29 is 0 Å². The second-order valence-corrected chi connectivity index (χ2v) is 5.15. The first-order valence-electron chi connectivity index (χ1n) is 6.85. The molecule has 0 amide bonds. The molecule has 2 heterocycles. The molecule has 5 nitrogen and oxygen atoms in total. The number of nitrogens with zero attached hydrogens (tertiary/aromatic N) is 4. The van der Waals surface area contributed by atoms with Gasteiger partial charge in [-0.05, 0) is 38.8 Å². The average Bonchev–Trinajstić information content (AvgIpc) is 3.00. The minimum Gasteiger partial charge on any atom is -0.367 e. The van der Waals surface area contributed by atoms with E-state index in [4.69, 9.17) is 0 Å². The molecule has 0 bridgehead atoms. The van der Waals surface area contributed by atoms with E-state index in [1.807, 2.05) is 36.9 Å². The zero-order valence-electron chi connectivity index (χ0n) is 11.4. The fourth-order valence-corrected chi connectivity index (χ4v) is 2.64. The second-order valence-electron chi connectivity index (χ2n) is 5.15.